The van der Waals surface area contributed by atoms with Crippen LogP contribution >= 0.6 is 0 Å². The van der Waals surface area contributed by atoms with Gasteiger partial charge in [0.15, 0.2) is 5.58 Å². The Bertz CT molecular complexity index is 906. The van der Waals surface area contributed by atoms with Gasteiger partial charge >= 0.3 is 0 Å². The quantitative estimate of drug-likeness (QED) is 0.494. The molecule has 0 aliphatic rings. The average molecular weight is 268 g/mol. The lowest BCUT2D eigenvalue weighted by Crippen LogP contribution is -2.37. The summed E-state index contributed by atoms with van der Waals surface area (Å²) in [6, 6.07) is 6.50. The van der Waals surface area contributed by atoms with Gasteiger partial charge < -0.3 is 8.92 Å². The Balaban J connectivity index is 2.25. The molecule has 0 saturated carbocycles. The molecule has 4 heteroatoms. The summed E-state index contributed by atoms with van der Waals surface area (Å²) >= 11 is 0. The normalized spacial score (nSPS) is 13.3. The maximum absolute atomic E-state index is 5.62. The van der Waals surface area contributed by atoms with Gasteiger partial charge in [0.1, 0.15) is 11.0 Å². The first-order chi connectivity index (χ1) is 8.97. The average Bonchev–Trinajstić information content (AvgIpc) is 2.93. The molecule has 1 aromatic carbocycles. The van der Waals surface area contributed by atoms with Gasteiger partial charge in [0.2, 0.25) is 0 Å². The van der Waals surface area contributed by atoms with Crippen LogP contribution in [-0.4, -0.2) is 17.6 Å². The van der Waals surface area contributed by atoms with Crippen molar-refractivity contribution in [2.24, 2.45) is 0 Å². The Morgan fingerprint density at radius 3 is 2.74 bits per heavy atom. The predicted molar refractivity (Wildman–Crippen MR) is 81.4 cm³/mol. The van der Waals surface area contributed by atoms with Crippen molar-refractivity contribution in [3.05, 3.63) is 30.0 Å². The summed E-state index contributed by atoms with van der Waals surface area (Å²) in [5, 5.41) is 6.87. The summed E-state index contributed by atoms with van der Waals surface area (Å²) in [6.07, 6.45) is 2.27. The van der Waals surface area contributed by atoms with Gasteiger partial charge in [0.25, 0.3) is 0 Å². The van der Waals surface area contributed by atoms with Gasteiger partial charge in [-0.15, -0.1) is 0 Å². The monoisotopic (exact) mass is 268 g/mol. The number of rotatable bonds is 1. The Morgan fingerprint density at radius 1 is 1.21 bits per heavy atom. The Morgan fingerprint density at radius 2 is 2.00 bits per heavy atom. The van der Waals surface area contributed by atoms with Crippen molar-refractivity contribution >= 4 is 40.8 Å². The number of aryl methyl sites for hydroxylation is 1. The van der Waals surface area contributed by atoms with E-state index in [1.54, 1.807) is 0 Å². The van der Waals surface area contributed by atoms with Gasteiger partial charge in [0.05, 0.1) is 13.6 Å². The van der Waals surface area contributed by atoms with Crippen molar-refractivity contribution in [2.45, 2.75) is 26.6 Å². The molecule has 19 heavy (non-hydrogen) atoms. The fourth-order valence-corrected chi connectivity index (χ4v) is 4.29. The topological polar surface area (TPSA) is 30.4 Å². The van der Waals surface area contributed by atoms with Crippen LogP contribution in [0.5, 0.6) is 0 Å². The lowest BCUT2D eigenvalue weighted by Gasteiger charge is -2.12. The van der Waals surface area contributed by atoms with Crippen LogP contribution in [0.15, 0.2) is 28.9 Å². The van der Waals surface area contributed by atoms with Crippen LogP contribution in [0, 0.1) is 6.92 Å². The van der Waals surface area contributed by atoms with Crippen LogP contribution in [0.2, 0.25) is 19.6 Å². The van der Waals surface area contributed by atoms with Crippen LogP contribution < -0.4 is 5.19 Å². The van der Waals surface area contributed by atoms with E-state index in [4.69, 9.17) is 4.52 Å². The summed E-state index contributed by atoms with van der Waals surface area (Å²) in [6.45, 7) is 9.14. The summed E-state index contributed by atoms with van der Waals surface area (Å²) in [5.74, 6) is 0. The SMILES string of the molecule is Cc1ccc2c(c1)c1onc3c([Si](C)(C)C)cn2c31. The van der Waals surface area contributed by atoms with Crippen molar-refractivity contribution in [1.82, 2.24) is 9.56 Å². The van der Waals surface area contributed by atoms with E-state index in [0.29, 0.717) is 0 Å². The lowest BCUT2D eigenvalue weighted by atomic mass is 10.2. The van der Waals surface area contributed by atoms with Gasteiger partial charge in [-0.1, -0.05) is 36.4 Å². The van der Waals surface area contributed by atoms with E-state index in [-0.39, 0.29) is 0 Å². The minimum atomic E-state index is -1.41. The standard InChI is InChI=1S/C15H16N2OSi/c1-9-5-6-11-10(7-9)15-14-13(16-18-15)12(8-17(11)14)19(2,3)4/h5-8H,1-4H3. The van der Waals surface area contributed by atoms with E-state index in [9.17, 15) is 0 Å². The molecule has 0 spiro atoms. The van der Waals surface area contributed by atoms with E-state index >= 15 is 0 Å². The van der Waals surface area contributed by atoms with Crippen LogP contribution in [-0.2, 0) is 0 Å². The zero-order chi connectivity index (χ0) is 13.4. The van der Waals surface area contributed by atoms with Crippen LogP contribution in [0.1, 0.15) is 5.56 Å². The largest absolute Gasteiger partial charge is 0.353 e. The van der Waals surface area contributed by atoms with E-state index < -0.39 is 8.07 Å². The first-order valence-corrected chi connectivity index (χ1v) is 10.1. The third-order valence-electron chi connectivity index (χ3n) is 3.89. The first kappa shape index (κ1) is 11.1. The molecular formula is C15H16N2OSi. The molecule has 0 amide bonds. The second-order valence-corrected chi connectivity index (χ2v) is 11.4. The molecule has 0 radical (unpaired) electrons. The molecule has 3 heterocycles. The minimum absolute atomic E-state index is 0.929. The number of hydrogen-bond acceptors (Lipinski definition) is 2. The van der Waals surface area contributed by atoms with E-state index in [1.165, 1.54) is 21.7 Å². The molecular weight excluding hydrogens is 252 g/mol. The van der Waals surface area contributed by atoms with Gasteiger partial charge in [-0.05, 0) is 24.2 Å². The summed E-state index contributed by atoms with van der Waals surface area (Å²) in [7, 11) is -1.41. The van der Waals surface area contributed by atoms with Crippen molar-refractivity contribution in [2.75, 3.05) is 0 Å². The van der Waals surface area contributed by atoms with Gasteiger partial charge in [-0.2, -0.15) is 0 Å². The highest BCUT2D eigenvalue weighted by Crippen LogP contribution is 2.33. The smallest absolute Gasteiger partial charge is 0.193 e. The number of nitrogens with zero attached hydrogens (tertiary/aromatic N) is 2. The zero-order valence-corrected chi connectivity index (χ0v) is 12.6. The highest BCUT2D eigenvalue weighted by atomic mass is 28.3. The molecule has 0 aliphatic heterocycles. The van der Waals surface area contributed by atoms with Gasteiger partial charge in [-0.25, -0.2) is 0 Å². The molecule has 0 N–H and O–H groups in total. The van der Waals surface area contributed by atoms with Gasteiger partial charge in [-0.3, -0.25) is 0 Å². The van der Waals surface area contributed by atoms with E-state index in [1.807, 2.05) is 0 Å². The van der Waals surface area contributed by atoms with Crippen molar-refractivity contribution in [1.29, 1.82) is 0 Å². The number of fused-ring (bicyclic) bond motifs is 3. The molecule has 0 unspecified atom stereocenters. The summed E-state index contributed by atoms with van der Waals surface area (Å²) in [4.78, 5) is 0. The molecule has 0 saturated heterocycles. The highest BCUT2D eigenvalue weighted by molar-refractivity contribution is 6.90. The maximum Gasteiger partial charge on any atom is 0.193 e. The number of aromatic nitrogens is 2. The summed E-state index contributed by atoms with van der Waals surface area (Å²) < 4.78 is 7.88. The fraction of sp³-hybridized carbons (Fsp3) is 0.267. The molecule has 3 nitrogen and oxygen atoms in total. The molecule has 3 aromatic heterocycles. The molecule has 4 rings (SSSR count). The highest BCUT2D eigenvalue weighted by Gasteiger charge is 2.27. The third kappa shape index (κ3) is 1.29. The van der Waals surface area contributed by atoms with E-state index in [0.717, 1.165) is 16.6 Å². The Hall–Kier alpha value is -1.81. The van der Waals surface area contributed by atoms with Gasteiger partial charge in [0, 0.05) is 11.6 Å². The van der Waals surface area contributed by atoms with Crippen LogP contribution in [0.25, 0.3) is 27.5 Å². The molecule has 4 aromatic rings. The molecule has 0 aliphatic carbocycles. The number of hydrogen-bond donors (Lipinski definition) is 0. The van der Waals surface area contributed by atoms with Crippen LogP contribution in [0.4, 0.5) is 0 Å². The maximum atomic E-state index is 5.62. The van der Waals surface area contributed by atoms with E-state index in [2.05, 4.69) is 60.5 Å². The lowest BCUT2D eigenvalue weighted by molar-refractivity contribution is 0.468. The first-order valence-electron chi connectivity index (χ1n) is 6.59. The predicted octanol–water partition coefficient (Wildman–Crippen LogP) is 3.53. The van der Waals surface area contributed by atoms with Crippen LogP contribution in [0.3, 0.4) is 0 Å². The zero-order valence-electron chi connectivity index (χ0n) is 11.6. The molecule has 0 bridgehead atoms. The molecule has 0 atom stereocenters. The van der Waals surface area contributed by atoms with Crippen molar-refractivity contribution in [3.63, 3.8) is 0 Å². The Kier molecular flexibility index (Phi) is 1.86. The number of benzene rings is 1. The van der Waals surface area contributed by atoms with Crippen molar-refractivity contribution < 1.29 is 4.52 Å². The van der Waals surface area contributed by atoms with Crippen molar-refractivity contribution in [3.8, 4) is 0 Å². The fourth-order valence-electron chi connectivity index (χ4n) is 2.90. The second kappa shape index (κ2) is 3.19. The molecule has 96 valence electrons. The molecule has 0 fully saturated rings. The summed E-state index contributed by atoms with van der Waals surface area (Å²) in [5.41, 5.74) is 5.61. The third-order valence-corrected chi connectivity index (χ3v) is 5.87. The second-order valence-electron chi connectivity index (χ2n) is 6.39. The minimum Gasteiger partial charge on any atom is -0.353 e. The Labute approximate surface area is 112 Å².